The summed E-state index contributed by atoms with van der Waals surface area (Å²) in [5, 5.41) is 28.9. The number of aromatic hydroxyl groups is 3. The normalized spacial score (nSPS) is 11.6. The van der Waals surface area contributed by atoms with E-state index in [1.807, 2.05) is 0 Å². The van der Waals surface area contributed by atoms with Gasteiger partial charge < -0.3 is 19.7 Å². The number of fused-ring (bicyclic) bond motifs is 1. The molecular weight excluding hydrogens is 272 g/mol. The first-order valence-electron chi connectivity index (χ1n) is 6.68. The first-order chi connectivity index (χ1) is 10.4. The van der Waals surface area contributed by atoms with Crippen LogP contribution >= 0.6 is 0 Å². The molecule has 0 unspecified atom stereocenters. The average molecular weight is 285 g/mol. The van der Waals surface area contributed by atoms with Crippen LogP contribution in [0, 0.1) is 6.92 Å². The van der Waals surface area contributed by atoms with Crippen LogP contribution in [-0.4, -0.2) is 15.3 Å². The third-order valence-electron chi connectivity index (χ3n) is 3.29. The summed E-state index contributed by atoms with van der Waals surface area (Å²) in [7, 11) is 0. The first kappa shape index (κ1) is 11.8. The molecule has 0 fully saturated rings. The van der Waals surface area contributed by atoms with E-state index in [0.717, 1.165) is 0 Å². The monoisotopic (exact) mass is 285 g/mol. The zero-order valence-corrected chi connectivity index (χ0v) is 11.0. The number of benzene rings is 2. The largest absolute Gasteiger partial charge is 0.508 e. The minimum Gasteiger partial charge on any atom is -0.508 e. The van der Waals surface area contributed by atoms with Crippen molar-refractivity contribution in [1.29, 1.82) is 0 Å². The molecule has 0 atom stereocenters. The van der Waals surface area contributed by atoms with Crippen LogP contribution in [0.3, 0.4) is 0 Å². The van der Waals surface area contributed by atoms with Gasteiger partial charge in [0.25, 0.3) is 0 Å². The lowest BCUT2D eigenvalue weighted by atomic mass is 10.1. The Balaban J connectivity index is 2.39. The molecule has 106 valence electrons. The van der Waals surface area contributed by atoms with Crippen LogP contribution in [0.2, 0.25) is 0 Å². The van der Waals surface area contributed by atoms with Crippen molar-refractivity contribution in [2.75, 3.05) is 0 Å². The van der Waals surface area contributed by atoms with Gasteiger partial charge in [-0.15, -0.1) is 0 Å². The molecule has 0 aliphatic carbocycles. The van der Waals surface area contributed by atoms with Gasteiger partial charge in [-0.2, -0.15) is 0 Å². The zero-order chi connectivity index (χ0) is 16.0. The molecule has 0 saturated heterocycles. The average Bonchev–Trinajstić information content (AvgIpc) is 2.49. The smallest absolute Gasteiger partial charge is 0.197 e. The summed E-state index contributed by atoms with van der Waals surface area (Å²) < 4.78 is 13.5. The highest BCUT2D eigenvalue weighted by Gasteiger charge is 2.15. The van der Waals surface area contributed by atoms with Gasteiger partial charge in [-0.1, -0.05) is 0 Å². The summed E-state index contributed by atoms with van der Waals surface area (Å²) in [5.41, 5.74) is -0.118. The van der Waals surface area contributed by atoms with E-state index in [4.69, 9.17) is 5.79 Å². The van der Waals surface area contributed by atoms with Crippen LogP contribution in [0.4, 0.5) is 0 Å². The molecule has 1 aromatic heterocycles. The summed E-state index contributed by atoms with van der Waals surface area (Å²) in [6.45, 7) is 1.46. The molecular formula is C16H12O5. The lowest BCUT2D eigenvalue weighted by Crippen LogP contribution is -2.01. The van der Waals surface area contributed by atoms with Gasteiger partial charge in [0.2, 0.25) is 0 Å². The molecule has 0 aliphatic heterocycles. The van der Waals surface area contributed by atoms with Crippen LogP contribution in [0.1, 0.15) is 6.93 Å². The predicted octanol–water partition coefficient (Wildman–Crippen LogP) is 2.89. The molecule has 0 spiro atoms. The maximum absolute atomic E-state index is 12.3. The van der Waals surface area contributed by atoms with Gasteiger partial charge in [0.1, 0.15) is 34.0 Å². The van der Waals surface area contributed by atoms with Crippen molar-refractivity contribution >= 4 is 11.0 Å². The van der Waals surface area contributed by atoms with E-state index in [2.05, 4.69) is 0 Å². The fourth-order valence-corrected chi connectivity index (χ4v) is 2.08. The summed E-state index contributed by atoms with van der Waals surface area (Å²) in [6.07, 6.45) is 0. The molecule has 5 nitrogen and oxygen atoms in total. The van der Waals surface area contributed by atoms with E-state index in [0.29, 0.717) is 5.56 Å². The second-order valence-corrected chi connectivity index (χ2v) is 4.67. The van der Waals surface area contributed by atoms with Crippen LogP contribution in [0.25, 0.3) is 22.3 Å². The molecule has 0 amide bonds. The third-order valence-corrected chi connectivity index (χ3v) is 3.29. The van der Waals surface area contributed by atoms with E-state index in [-0.39, 0.29) is 33.8 Å². The molecule has 3 rings (SSSR count). The Labute approximate surface area is 120 Å². The second kappa shape index (κ2) is 4.56. The highest BCUT2D eigenvalue weighted by Crippen LogP contribution is 2.34. The maximum Gasteiger partial charge on any atom is 0.197 e. The minimum absolute atomic E-state index is 0.000142. The summed E-state index contributed by atoms with van der Waals surface area (Å²) >= 11 is 0. The minimum atomic E-state index is -0.690. The van der Waals surface area contributed by atoms with Crippen molar-refractivity contribution in [3.8, 4) is 28.6 Å². The predicted molar refractivity (Wildman–Crippen MR) is 77.7 cm³/mol. The highest BCUT2D eigenvalue weighted by atomic mass is 16.3. The van der Waals surface area contributed by atoms with E-state index < -0.39 is 17.2 Å². The van der Waals surface area contributed by atoms with Crippen molar-refractivity contribution in [2.45, 2.75) is 6.92 Å². The Bertz CT molecular complexity index is 942. The molecule has 0 aliphatic rings. The molecule has 5 heteroatoms. The number of hydrogen-bond donors (Lipinski definition) is 3. The van der Waals surface area contributed by atoms with Gasteiger partial charge in [0.05, 0.1) is 1.37 Å². The summed E-state index contributed by atoms with van der Waals surface area (Å²) in [6, 6.07) is 6.65. The van der Waals surface area contributed by atoms with Crippen LogP contribution in [0.5, 0.6) is 17.2 Å². The number of rotatable bonds is 1. The standard InChI is InChI=1S/C16H12O5/c1-8-11(18)6-14-15(16(8)20)12(19)7-13(21-14)9-2-4-10(17)5-3-9/h2-7,17-18,20H,1H3/i7D. The molecule has 0 saturated carbocycles. The fraction of sp³-hybridized carbons (Fsp3) is 0.0625. The van der Waals surface area contributed by atoms with E-state index in [1.54, 1.807) is 0 Å². The van der Waals surface area contributed by atoms with Crippen molar-refractivity contribution < 1.29 is 21.1 Å². The Hall–Kier alpha value is -2.95. The lowest BCUT2D eigenvalue weighted by molar-refractivity contribution is 0.445. The van der Waals surface area contributed by atoms with Crippen LogP contribution in [-0.2, 0) is 0 Å². The van der Waals surface area contributed by atoms with Gasteiger partial charge in [-0.3, -0.25) is 4.79 Å². The van der Waals surface area contributed by atoms with Gasteiger partial charge in [-0.05, 0) is 31.2 Å². The Morgan fingerprint density at radius 2 is 1.81 bits per heavy atom. The number of phenolic OH excluding ortho intramolecular Hbond substituents is 3. The van der Waals surface area contributed by atoms with Crippen molar-refractivity contribution in [2.24, 2.45) is 0 Å². The van der Waals surface area contributed by atoms with E-state index >= 15 is 0 Å². The SMILES string of the molecule is [2H]c1c(-c2ccc(O)cc2)oc2cc(O)c(C)c(O)c2c1=O. The summed E-state index contributed by atoms with van der Waals surface area (Å²) in [5.74, 6) is -0.554. The second-order valence-electron chi connectivity index (χ2n) is 4.67. The maximum atomic E-state index is 12.3. The molecule has 2 aromatic carbocycles. The van der Waals surface area contributed by atoms with E-state index in [1.165, 1.54) is 37.3 Å². The molecule has 0 bridgehead atoms. The van der Waals surface area contributed by atoms with Gasteiger partial charge in [0, 0.05) is 23.2 Å². The Kier molecular flexibility index (Phi) is 2.57. The lowest BCUT2D eigenvalue weighted by Gasteiger charge is -2.08. The molecule has 3 N–H and O–H groups in total. The Morgan fingerprint density at radius 1 is 1.14 bits per heavy atom. The molecule has 1 heterocycles. The quantitative estimate of drug-likeness (QED) is 0.639. The van der Waals surface area contributed by atoms with Gasteiger partial charge >= 0.3 is 0 Å². The summed E-state index contributed by atoms with van der Waals surface area (Å²) in [4.78, 5) is 12.3. The molecule has 21 heavy (non-hydrogen) atoms. The van der Waals surface area contributed by atoms with Gasteiger partial charge in [0.15, 0.2) is 5.43 Å². The third kappa shape index (κ3) is 2.08. The van der Waals surface area contributed by atoms with Crippen LogP contribution < -0.4 is 5.43 Å². The van der Waals surface area contributed by atoms with Gasteiger partial charge in [-0.25, -0.2) is 0 Å². The van der Waals surface area contributed by atoms with Crippen LogP contribution in [0.15, 0.2) is 45.6 Å². The van der Waals surface area contributed by atoms with E-state index in [9.17, 15) is 20.1 Å². The first-order valence-corrected chi connectivity index (χ1v) is 6.18. The zero-order valence-electron chi connectivity index (χ0n) is 12.0. The van der Waals surface area contributed by atoms with Crippen molar-refractivity contribution in [1.82, 2.24) is 0 Å². The Morgan fingerprint density at radius 3 is 2.48 bits per heavy atom. The topological polar surface area (TPSA) is 90.9 Å². The molecule has 0 radical (unpaired) electrons. The van der Waals surface area contributed by atoms with Crippen molar-refractivity contribution in [3.05, 3.63) is 52.2 Å². The number of phenols is 3. The molecule has 3 aromatic rings. The highest BCUT2D eigenvalue weighted by molar-refractivity contribution is 5.87. The van der Waals surface area contributed by atoms with Crippen molar-refractivity contribution in [3.63, 3.8) is 0 Å². The number of hydrogen-bond acceptors (Lipinski definition) is 5. The fourth-order valence-electron chi connectivity index (χ4n) is 2.08.